The molecule has 0 saturated heterocycles. The number of hydrogen-bond acceptors (Lipinski definition) is 4. The second kappa shape index (κ2) is 9.44. The predicted octanol–water partition coefficient (Wildman–Crippen LogP) is 5.49. The van der Waals surface area contributed by atoms with Gasteiger partial charge in [-0.15, -0.1) is 11.3 Å². The topological polar surface area (TPSA) is 66.8 Å². The van der Waals surface area contributed by atoms with Crippen LogP contribution >= 0.6 is 34.5 Å². The SMILES string of the molecule is O=C(O)c1ccc(CCC[C@@H]2[C@@H](COc3cc(Cl)cc(Cl)c3)[C@H](O)C[C@H]2F)s1. The minimum absolute atomic E-state index is 0.108. The van der Waals surface area contributed by atoms with Gasteiger partial charge in [0, 0.05) is 27.3 Å². The van der Waals surface area contributed by atoms with Gasteiger partial charge in [-0.1, -0.05) is 23.2 Å². The molecule has 1 aromatic carbocycles. The summed E-state index contributed by atoms with van der Waals surface area (Å²) in [6.45, 7) is 0.186. The fraction of sp³-hybridized carbons (Fsp3) is 0.450. The number of benzene rings is 1. The van der Waals surface area contributed by atoms with Gasteiger partial charge in [-0.25, -0.2) is 9.18 Å². The van der Waals surface area contributed by atoms with E-state index < -0.39 is 18.2 Å². The minimum Gasteiger partial charge on any atom is -0.493 e. The summed E-state index contributed by atoms with van der Waals surface area (Å²) in [5, 5.41) is 20.1. The number of aliphatic hydroxyl groups is 1. The van der Waals surface area contributed by atoms with Gasteiger partial charge in [-0.2, -0.15) is 0 Å². The van der Waals surface area contributed by atoms with Crippen molar-refractivity contribution in [3.05, 3.63) is 50.1 Å². The van der Waals surface area contributed by atoms with Gasteiger partial charge in [-0.3, -0.25) is 0 Å². The highest BCUT2D eigenvalue weighted by atomic mass is 35.5. The second-order valence-corrected chi connectivity index (χ2v) is 9.07. The van der Waals surface area contributed by atoms with Crippen molar-refractivity contribution in [1.82, 2.24) is 0 Å². The Labute approximate surface area is 176 Å². The Morgan fingerprint density at radius 3 is 2.57 bits per heavy atom. The molecule has 8 heteroatoms. The molecule has 0 bridgehead atoms. The summed E-state index contributed by atoms with van der Waals surface area (Å²) in [6.07, 6.45) is 0.283. The Kier molecular flexibility index (Phi) is 7.20. The molecule has 1 heterocycles. The molecule has 0 aliphatic heterocycles. The van der Waals surface area contributed by atoms with Crippen molar-refractivity contribution in [2.24, 2.45) is 11.8 Å². The highest BCUT2D eigenvalue weighted by molar-refractivity contribution is 7.13. The minimum atomic E-state index is -1.08. The van der Waals surface area contributed by atoms with Crippen LogP contribution in [0.4, 0.5) is 4.39 Å². The molecule has 2 aromatic rings. The molecular formula is C20H21Cl2FO4S. The number of thiophene rings is 1. The first kappa shape index (κ1) is 21.4. The first-order valence-electron chi connectivity index (χ1n) is 9.06. The number of carboxylic acid groups (broad SMARTS) is 1. The van der Waals surface area contributed by atoms with E-state index >= 15 is 0 Å². The van der Waals surface area contributed by atoms with Crippen LogP contribution in [0.2, 0.25) is 10.0 Å². The van der Waals surface area contributed by atoms with Gasteiger partial charge in [0.05, 0.1) is 12.7 Å². The lowest BCUT2D eigenvalue weighted by Gasteiger charge is -2.23. The number of aliphatic hydroxyl groups excluding tert-OH is 1. The van der Waals surface area contributed by atoms with Gasteiger partial charge in [0.1, 0.15) is 16.8 Å². The van der Waals surface area contributed by atoms with Gasteiger partial charge < -0.3 is 14.9 Å². The number of alkyl halides is 1. The summed E-state index contributed by atoms with van der Waals surface area (Å²) in [6, 6.07) is 8.25. The number of aromatic carboxylic acids is 1. The second-order valence-electron chi connectivity index (χ2n) is 7.03. The van der Waals surface area contributed by atoms with Crippen molar-refractivity contribution < 1.29 is 24.1 Å². The third kappa shape index (κ3) is 5.38. The van der Waals surface area contributed by atoms with Crippen molar-refractivity contribution in [1.29, 1.82) is 0 Å². The molecule has 1 fully saturated rings. The Balaban J connectivity index is 1.56. The molecule has 3 rings (SSSR count). The van der Waals surface area contributed by atoms with E-state index in [1.165, 1.54) is 11.3 Å². The Hall–Kier alpha value is -1.34. The van der Waals surface area contributed by atoms with Crippen molar-refractivity contribution in [3.63, 3.8) is 0 Å². The first-order valence-corrected chi connectivity index (χ1v) is 10.6. The summed E-state index contributed by atoms with van der Waals surface area (Å²) < 4.78 is 20.2. The van der Waals surface area contributed by atoms with E-state index in [1.807, 2.05) is 0 Å². The van der Waals surface area contributed by atoms with Gasteiger partial charge in [0.15, 0.2) is 0 Å². The van der Waals surface area contributed by atoms with E-state index in [1.54, 1.807) is 30.3 Å². The molecule has 1 aromatic heterocycles. The number of hydrogen-bond donors (Lipinski definition) is 2. The molecule has 4 nitrogen and oxygen atoms in total. The molecule has 0 unspecified atom stereocenters. The molecule has 4 atom stereocenters. The maximum atomic E-state index is 14.4. The standard InChI is InChI=1S/C20H21Cl2FO4S/c21-11-6-12(22)8-13(7-11)27-10-16-15(17(23)9-18(16)24)3-1-2-14-4-5-19(28-14)20(25)26/h4-8,15-18,24H,1-3,9-10H2,(H,25,26)/t15-,16-,17-,18-/m1/s1. The lowest BCUT2D eigenvalue weighted by Crippen LogP contribution is -2.27. The van der Waals surface area contributed by atoms with Crippen LogP contribution in [-0.2, 0) is 6.42 Å². The zero-order chi connectivity index (χ0) is 20.3. The molecule has 28 heavy (non-hydrogen) atoms. The normalized spacial score (nSPS) is 24.4. The lowest BCUT2D eigenvalue weighted by molar-refractivity contribution is 0.0701. The summed E-state index contributed by atoms with van der Waals surface area (Å²) in [5.41, 5.74) is 0. The van der Waals surface area contributed by atoms with Crippen LogP contribution in [-0.4, -0.2) is 35.1 Å². The van der Waals surface area contributed by atoms with Crippen LogP contribution in [0, 0.1) is 11.8 Å². The van der Waals surface area contributed by atoms with Gasteiger partial charge >= 0.3 is 5.97 Å². The average molecular weight is 447 g/mol. The molecule has 1 aliphatic carbocycles. The van der Waals surface area contributed by atoms with Gasteiger partial charge in [0.2, 0.25) is 0 Å². The quantitative estimate of drug-likeness (QED) is 0.562. The molecular weight excluding hydrogens is 426 g/mol. The van der Waals surface area contributed by atoms with E-state index in [0.29, 0.717) is 33.5 Å². The maximum absolute atomic E-state index is 14.4. The highest BCUT2D eigenvalue weighted by Gasteiger charge is 2.42. The first-order chi connectivity index (χ1) is 13.3. The summed E-state index contributed by atoms with van der Waals surface area (Å²) >= 11 is 13.2. The lowest BCUT2D eigenvalue weighted by atomic mass is 9.90. The van der Waals surface area contributed by atoms with Crippen LogP contribution in [0.5, 0.6) is 5.75 Å². The van der Waals surface area contributed by atoms with Crippen LogP contribution in [0.1, 0.15) is 33.8 Å². The number of carboxylic acids is 1. The van der Waals surface area contributed by atoms with Crippen LogP contribution < -0.4 is 4.74 Å². The van der Waals surface area contributed by atoms with Crippen molar-refractivity contribution in [3.8, 4) is 5.75 Å². The largest absolute Gasteiger partial charge is 0.493 e. The zero-order valence-corrected chi connectivity index (χ0v) is 17.3. The fourth-order valence-electron chi connectivity index (χ4n) is 3.71. The van der Waals surface area contributed by atoms with Crippen LogP contribution in [0.15, 0.2) is 30.3 Å². The van der Waals surface area contributed by atoms with Crippen molar-refractivity contribution in [2.75, 3.05) is 6.61 Å². The summed E-state index contributed by atoms with van der Waals surface area (Å²) in [7, 11) is 0. The molecule has 0 spiro atoms. The average Bonchev–Trinajstić information content (AvgIpc) is 3.18. The van der Waals surface area contributed by atoms with Crippen molar-refractivity contribution in [2.45, 2.75) is 38.0 Å². The fourth-order valence-corrected chi connectivity index (χ4v) is 5.10. The number of aryl methyl sites for hydroxylation is 1. The van der Waals surface area contributed by atoms with E-state index in [9.17, 15) is 14.3 Å². The zero-order valence-electron chi connectivity index (χ0n) is 15.0. The predicted molar refractivity (Wildman–Crippen MR) is 109 cm³/mol. The summed E-state index contributed by atoms with van der Waals surface area (Å²) in [4.78, 5) is 12.2. The maximum Gasteiger partial charge on any atom is 0.345 e. The molecule has 1 aliphatic rings. The van der Waals surface area contributed by atoms with Gasteiger partial charge in [-0.05, 0) is 55.5 Å². The van der Waals surface area contributed by atoms with E-state index in [0.717, 1.165) is 11.3 Å². The Morgan fingerprint density at radius 2 is 1.93 bits per heavy atom. The Morgan fingerprint density at radius 1 is 1.21 bits per heavy atom. The molecule has 0 radical (unpaired) electrons. The van der Waals surface area contributed by atoms with E-state index in [4.69, 9.17) is 33.0 Å². The van der Waals surface area contributed by atoms with Crippen molar-refractivity contribution >= 4 is 40.5 Å². The highest BCUT2D eigenvalue weighted by Crippen LogP contribution is 2.39. The molecule has 2 N–H and O–H groups in total. The van der Waals surface area contributed by atoms with E-state index in [-0.39, 0.29) is 24.9 Å². The number of halogens is 3. The summed E-state index contributed by atoms with van der Waals surface area (Å²) in [5.74, 6) is -1.06. The monoisotopic (exact) mass is 446 g/mol. The third-order valence-corrected chi connectivity index (χ3v) is 6.66. The van der Waals surface area contributed by atoms with Gasteiger partial charge in [0.25, 0.3) is 0 Å². The van der Waals surface area contributed by atoms with Crippen LogP contribution in [0.25, 0.3) is 0 Å². The number of carbonyl (C=O) groups is 1. The molecule has 1 saturated carbocycles. The number of rotatable bonds is 8. The van der Waals surface area contributed by atoms with E-state index in [2.05, 4.69) is 0 Å². The van der Waals surface area contributed by atoms with Crippen LogP contribution in [0.3, 0.4) is 0 Å². The smallest absolute Gasteiger partial charge is 0.345 e. The third-order valence-electron chi connectivity index (χ3n) is 5.09. The molecule has 0 amide bonds. The number of ether oxygens (including phenoxy) is 1. The molecule has 152 valence electrons. The Bertz CT molecular complexity index is 808.